The number of nitrogens with zero attached hydrogens (tertiary/aromatic N) is 2. The molecule has 0 aromatic carbocycles. The number of anilines is 2. The highest BCUT2D eigenvalue weighted by Crippen LogP contribution is 2.07. The van der Waals surface area contributed by atoms with Gasteiger partial charge in [0.25, 0.3) is 0 Å². The molecule has 5 heteroatoms. The molecule has 0 atom stereocenters. The SMILES string of the molecule is CNc1nccc(NCC(C)(C)O)n1. The van der Waals surface area contributed by atoms with E-state index in [-0.39, 0.29) is 0 Å². The summed E-state index contributed by atoms with van der Waals surface area (Å²) in [5.74, 6) is 1.26. The van der Waals surface area contributed by atoms with Crippen LogP contribution in [0.3, 0.4) is 0 Å². The number of aromatic nitrogens is 2. The van der Waals surface area contributed by atoms with E-state index in [1.165, 1.54) is 0 Å². The second-order valence-corrected chi connectivity index (χ2v) is 3.68. The van der Waals surface area contributed by atoms with Gasteiger partial charge in [0.15, 0.2) is 0 Å². The minimum Gasteiger partial charge on any atom is -0.389 e. The van der Waals surface area contributed by atoms with Crippen molar-refractivity contribution in [1.29, 1.82) is 0 Å². The zero-order valence-electron chi connectivity index (χ0n) is 8.70. The first-order chi connectivity index (χ1) is 6.51. The minimum absolute atomic E-state index is 0.452. The van der Waals surface area contributed by atoms with Crippen LogP contribution in [-0.4, -0.2) is 34.3 Å². The molecule has 0 bridgehead atoms. The Morgan fingerprint density at radius 3 is 2.79 bits per heavy atom. The van der Waals surface area contributed by atoms with Crippen molar-refractivity contribution in [2.75, 3.05) is 24.2 Å². The normalized spacial score (nSPS) is 11.1. The number of nitrogens with one attached hydrogen (secondary N) is 2. The van der Waals surface area contributed by atoms with Gasteiger partial charge in [0, 0.05) is 19.8 Å². The van der Waals surface area contributed by atoms with Crippen LogP contribution in [0.5, 0.6) is 0 Å². The molecule has 1 aromatic heterocycles. The fraction of sp³-hybridized carbons (Fsp3) is 0.556. The summed E-state index contributed by atoms with van der Waals surface area (Å²) in [6.07, 6.45) is 1.66. The summed E-state index contributed by atoms with van der Waals surface area (Å²) in [6, 6.07) is 1.76. The summed E-state index contributed by atoms with van der Waals surface area (Å²) < 4.78 is 0. The Bertz CT molecular complexity index is 295. The Labute approximate surface area is 83.6 Å². The Hall–Kier alpha value is -1.36. The van der Waals surface area contributed by atoms with Gasteiger partial charge in [-0.15, -0.1) is 0 Å². The maximum atomic E-state index is 9.48. The zero-order valence-corrected chi connectivity index (χ0v) is 8.70. The first-order valence-electron chi connectivity index (χ1n) is 4.48. The number of rotatable bonds is 4. The molecule has 78 valence electrons. The van der Waals surface area contributed by atoms with E-state index in [2.05, 4.69) is 20.6 Å². The molecule has 0 spiro atoms. The topological polar surface area (TPSA) is 70.1 Å². The van der Waals surface area contributed by atoms with E-state index in [1.807, 2.05) is 0 Å². The molecular formula is C9H16N4O. The number of aliphatic hydroxyl groups is 1. The van der Waals surface area contributed by atoms with Crippen LogP contribution in [0.2, 0.25) is 0 Å². The van der Waals surface area contributed by atoms with E-state index in [0.717, 1.165) is 0 Å². The Morgan fingerprint density at radius 1 is 1.50 bits per heavy atom. The van der Waals surface area contributed by atoms with Crippen LogP contribution in [0.15, 0.2) is 12.3 Å². The third-order valence-electron chi connectivity index (χ3n) is 1.58. The highest BCUT2D eigenvalue weighted by Gasteiger charge is 2.11. The molecule has 0 aliphatic carbocycles. The largest absolute Gasteiger partial charge is 0.389 e. The zero-order chi connectivity index (χ0) is 10.6. The Balaban J connectivity index is 2.59. The Morgan fingerprint density at radius 2 is 2.21 bits per heavy atom. The summed E-state index contributed by atoms with van der Waals surface area (Å²) in [5, 5.41) is 15.3. The highest BCUT2D eigenvalue weighted by molar-refractivity contribution is 5.39. The average molecular weight is 196 g/mol. The van der Waals surface area contributed by atoms with Crippen molar-refractivity contribution in [3.63, 3.8) is 0 Å². The molecule has 0 fully saturated rings. The lowest BCUT2D eigenvalue weighted by Gasteiger charge is -2.17. The first kappa shape index (κ1) is 10.7. The van der Waals surface area contributed by atoms with Crippen LogP contribution in [0.1, 0.15) is 13.8 Å². The maximum absolute atomic E-state index is 9.48. The average Bonchev–Trinajstić information content (AvgIpc) is 2.14. The van der Waals surface area contributed by atoms with Crippen molar-refractivity contribution in [3.8, 4) is 0 Å². The van der Waals surface area contributed by atoms with Crippen LogP contribution in [-0.2, 0) is 0 Å². The lowest BCUT2D eigenvalue weighted by Crippen LogP contribution is -2.29. The van der Waals surface area contributed by atoms with Gasteiger partial charge in [-0.05, 0) is 19.9 Å². The monoisotopic (exact) mass is 196 g/mol. The molecule has 0 amide bonds. The fourth-order valence-electron chi connectivity index (χ4n) is 0.884. The quantitative estimate of drug-likeness (QED) is 0.661. The summed E-state index contributed by atoms with van der Waals surface area (Å²) in [5.41, 5.74) is -0.745. The van der Waals surface area contributed by atoms with E-state index < -0.39 is 5.60 Å². The molecule has 3 N–H and O–H groups in total. The van der Waals surface area contributed by atoms with Gasteiger partial charge in [0.05, 0.1) is 5.60 Å². The van der Waals surface area contributed by atoms with E-state index in [0.29, 0.717) is 18.3 Å². The predicted molar refractivity (Wildman–Crippen MR) is 56.4 cm³/mol. The molecule has 5 nitrogen and oxygen atoms in total. The molecule has 14 heavy (non-hydrogen) atoms. The second kappa shape index (κ2) is 4.23. The summed E-state index contributed by atoms with van der Waals surface area (Å²) >= 11 is 0. The summed E-state index contributed by atoms with van der Waals surface area (Å²) in [4.78, 5) is 8.13. The third-order valence-corrected chi connectivity index (χ3v) is 1.58. The highest BCUT2D eigenvalue weighted by atomic mass is 16.3. The van der Waals surface area contributed by atoms with Gasteiger partial charge < -0.3 is 15.7 Å². The van der Waals surface area contributed by atoms with Crippen LogP contribution in [0, 0.1) is 0 Å². The lowest BCUT2D eigenvalue weighted by molar-refractivity contribution is 0.0944. The molecule has 1 rings (SSSR count). The van der Waals surface area contributed by atoms with Crippen LogP contribution >= 0.6 is 0 Å². The molecule has 0 unspecified atom stereocenters. The van der Waals surface area contributed by atoms with Gasteiger partial charge in [-0.2, -0.15) is 4.98 Å². The minimum atomic E-state index is -0.745. The van der Waals surface area contributed by atoms with E-state index >= 15 is 0 Å². The van der Waals surface area contributed by atoms with Gasteiger partial charge in [-0.3, -0.25) is 0 Å². The second-order valence-electron chi connectivity index (χ2n) is 3.68. The molecule has 0 saturated carbocycles. The lowest BCUT2D eigenvalue weighted by atomic mass is 10.1. The van der Waals surface area contributed by atoms with E-state index in [4.69, 9.17) is 0 Å². The van der Waals surface area contributed by atoms with Crippen LogP contribution in [0.4, 0.5) is 11.8 Å². The van der Waals surface area contributed by atoms with Crippen LogP contribution in [0.25, 0.3) is 0 Å². The molecular weight excluding hydrogens is 180 g/mol. The summed E-state index contributed by atoms with van der Waals surface area (Å²) in [6.45, 7) is 3.92. The van der Waals surface area contributed by atoms with Gasteiger partial charge in [-0.1, -0.05) is 0 Å². The van der Waals surface area contributed by atoms with E-state index in [1.54, 1.807) is 33.2 Å². The molecule has 1 heterocycles. The smallest absolute Gasteiger partial charge is 0.224 e. The Kier molecular flexibility index (Phi) is 3.24. The number of hydrogen-bond acceptors (Lipinski definition) is 5. The van der Waals surface area contributed by atoms with Gasteiger partial charge in [-0.25, -0.2) is 4.98 Å². The van der Waals surface area contributed by atoms with Gasteiger partial charge in [0.1, 0.15) is 5.82 Å². The van der Waals surface area contributed by atoms with Crippen molar-refractivity contribution in [3.05, 3.63) is 12.3 Å². The van der Waals surface area contributed by atoms with Crippen LogP contribution < -0.4 is 10.6 Å². The fourth-order valence-corrected chi connectivity index (χ4v) is 0.884. The van der Waals surface area contributed by atoms with Crippen molar-refractivity contribution in [2.24, 2.45) is 0 Å². The van der Waals surface area contributed by atoms with Gasteiger partial charge in [0.2, 0.25) is 5.95 Å². The number of hydrogen-bond donors (Lipinski definition) is 3. The summed E-state index contributed by atoms with van der Waals surface area (Å²) in [7, 11) is 1.76. The predicted octanol–water partition coefficient (Wildman–Crippen LogP) is 0.701. The molecule has 0 saturated heterocycles. The van der Waals surface area contributed by atoms with Crippen molar-refractivity contribution >= 4 is 11.8 Å². The molecule has 0 radical (unpaired) electrons. The molecule has 0 aliphatic rings. The molecule has 1 aromatic rings. The van der Waals surface area contributed by atoms with Crippen molar-refractivity contribution < 1.29 is 5.11 Å². The molecule has 0 aliphatic heterocycles. The van der Waals surface area contributed by atoms with Gasteiger partial charge >= 0.3 is 0 Å². The van der Waals surface area contributed by atoms with Crippen molar-refractivity contribution in [2.45, 2.75) is 19.4 Å². The van der Waals surface area contributed by atoms with Crippen molar-refractivity contribution in [1.82, 2.24) is 9.97 Å². The first-order valence-corrected chi connectivity index (χ1v) is 4.48. The standard InChI is InChI=1S/C9H16N4O/c1-9(2,14)6-12-7-4-5-11-8(10-3)13-7/h4-5,14H,6H2,1-3H3,(H2,10,11,12,13). The third kappa shape index (κ3) is 3.57. The van der Waals surface area contributed by atoms with E-state index in [9.17, 15) is 5.11 Å². The maximum Gasteiger partial charge on any atom is 0.224 e.